The summed E-state index contributed by atoms with van der Waals surface area (Å²) in [5, 5.41) is 2.91. The van der Waals surface area contributed by atoms with E-state index in [2.05, 4.69) is 15.3 Å². The highest BCUT2D eigenvalue weighted by Gasteiger charge is 2.17. The fourth-order valence-electron chi connectivity index (χ4n) is 2.28. The number of aromatic nitrogens is 2. The maximum absolute atomic E-state index is 12.2. The predicted octanol–water partition coefficient (Wildman–Crippen LogP) is 3.47. The number of aromatic amines is 1. The minimum Gasteiger partial charge on any atom is -0.469 e. The molecule has 5 heteroatoms. The molecule has 2 aromatic heterocycles. The van der Waals surface area contributed by atoms with Gasteiger partial charge in [0.2, 0.25) is 0 Å². The van der Waals surface area contributed by atoms with Crippen LogP contribution in [0.4, 0.5) is 0 Å². The van der Waals surface area contributed by atoms with E-state index in [1.165, 1.54) is 6.26 Å². The summed E-state index contributed by atoms with van der Waals surface area (Å²) in [6, 6.07) is 11.4. The van der Waals surface area contributed by atoms with E-state index >= 15 is 0 Å². The van der Waals surface area contributed by atoms with E-state index in [1.54, 1.807) is 19.2 Å². The molecule has 2 heterocycles. The van der Waals surface area contributed by atoms with Crippen LogP contribution in [0.5, 0.6) is 0 Å². The van der Waals surface area contributed by atoms with Crippen LogP contribution in [-0.4, -0.2) is 15.9 Å². The third-order valence-corrected chi connectivity index (χ3v) is 3.54. The molecular weight excluding hydrogens is 278 g/mol. The molecule has 0 radical (unpaired) electrons. The molecule has 2 N–H and O–H groups in total. The van der Waals surface area contributed by atoms with Crippen LogP contribution in [0, 0.1) is 6.92 Å². The summed E-state index contributed by atoms with van der Waals surface area (Å²) in [6.07, 6.45) is 3.28. The van der Waals surface area contributed by atoms with Crippen LogP contribution in [0.15, 0.2) is 53.3 Å². The second kappa shape index (κ2) is 5.89. The number of benzene rings is 1. The van der Waals surface area contributed by atoms with Crippen molar-refractivity contribution < 1.29 is 9.21 Å². The number of rotatable bonds is 4. The first-order valence-electron chi connectivity index (χ1n) is 7.10. The van der Waals surface area contributed by atoms with Crippen LogP contribution in [0.25, 0.3) is 11.3 Å². The first kappa shape index (κ1) is 14.1. The Morgan fingerprint density at radius 1 is 1.27 bits per heavy atom. The minimum absolute atomic E-state index is 0.170. The highest BCUT2D eigenvalue weighted by Crippen LogP contribution is 2.19. The molecule has 112 valence electrons. The van der Waals surface area contributed by atoms with Gasteiger partial charge in [0.1, 0.15) is 11.6 Å². The van der Waals surface area contributed by atoms with Crippen molar-refractivity contribution in [1.82, 2.24) is 15.3 Å². The molecule has 0 spiro atoms. The predicted molar refractivity (Wildman–Crippen MR) is 83.3 cm³/mol. The third-order valence-electron chi connectivity index (χ3n) is 3.54. The van der Waals surface area contributed by atoms with Crippen LogP contribution in [0.3, 0.4) is 0 Å². The van der Waals surface area contributed by atoms with Gasteiger partial charge in [-0.3, -0.25) is 4.79 Å². The quantitative estimate of drug-likeness (QED) is 0.774. The van der Waals surface area contributed by atoms with Gasteiger partial charge in [-0.15, -0.1) is 0 Å². The average molecular weight is 295 g/mol. The number of nitrogens with zero attached hydrogens (tertiary/aromatic N) is 1. The summed E-state index contributed by atoms with van der Waals surface area (Å²) in [7, 11) is 0. The van der Waals surface area contributed by atoms with Crippen LogP contribution in [-0.2, 0) is 0 Å². The lowest BCUT2D eigenvalue weighted by molar-refractivity contribution is 0.0937. The van der Waals surface area contributed by atoms with Crippen molar-refractivity contribution in [3.8, 4) is 11.3 Å². The monoisotopic (exact) mass is 295 g/mol. The van der Waals surface area contributed by atoms with Crippen molar-refractivity contribution in [3.05, 3.63) is 66.0 Å². The van der Waals surface area contributed by atoms with Crippen LogP contribution < -0.4 is 5.32 Å². The lowest BCUT2D eigenvalue weighted by atomic mass is 10.2. The SMILES string of the molecule is Cc1occc1C(=O)NC(C)c1ncc(-c2ccccc2)[nH]1. The fourth-order valence-corrected chi connectivity index (χ4v) is 2.28. The average Bonchev–Trinajstić information content (AvgIpc) is 3.17. The third kappa shape index (κ3) is 2.79. The number of carbonyl (C=O) groups is 1. The molecule has 3 rings (SSSR count). The van der Waals surface area contributed by atoms with Crippen molar-refractivity contribution in [2.24, 2.45) is 0 Å². The molecule has 3 aromatic rings. The highest BCUT2D eigenvalue weighted by atomic mass is 16.3. The van der Waals surface area contributed by atoms with E-state index in [4.69, 9.17) is 4.42 Å². The van der Waals surface area contributed by atoms with E-state index in [0.29, 0.717) is 17.1 Å². The van der Waals surface area contributed by atoms with E-state index in [0.717, 1.165) is 11.3 Å². The Morgan fingerprint density at radius 2 is 2.05 bits per heavy atom. The first-order valence-corrected chi connectivity index (χ1v) is 7.10. The molecule has 1 atom stereocenters. The van der Waals surface area contributed by atoms with Gasteiger partial charge in [-0.25, -0.2) is 4.98 Å². The summed E-state index contributed by atoms with van der Waals surface area (Å²) < 4.78 is 5.15. The fraction of sp³-hybridized carbons (Fsp3) is 0.176. The minimum atomic E-state index is -0.223. The van der Waals surface area contributed by atoms with Gasteiger partial charge in [0.05, 0.1) is 29.8 Å². The Bertz CT molecular complexity index is 774. The Morgan fingerprint density at radius 3 is 2.73 bits per heavy atom. The molecule has 0 aliphatic rings. The Balaban J connectivity index is 1.73. The maximum atomic E-state index is 12.2. The number of aryl methyl sites for hydroxylation is 1. The van der Waals surface area contributed by atoms with Crippen molar-refractivity contribution in [3.63, 3.8) is 0 Å². The van der Waals surface area contributed by atoms with Gasteiger partial charge in [-0.1, -0.05) is 30.3 Å². The number of amides is 1. The molecule has 0 fully saturated rings. The first-order chi connectivity index (χ1) is 10.6. The van der Waals surface area contributed by atoms with Gasteiger partial charge in [0, 0.05) is 0 Å². The molecule has 0 saturated carbocycles. The molecule has 22 heavy (non-hydrogen) atoms. The van der Waals surface area contributed by atoms with Crippen LogP contribution in [0.1, 0.15) is 34.9 Å². The molecular formula is C17H17N3O2. The number of hydrogen-bond donors (Lipinski definition) is 2. The zero-order valence-corrected chi connectivity index (χ0v) is 12.5. The largest absolute Gasteiger partial charge is 0.469 e. The van der Waals surface area contributed by atoms with Gasteiger partial charge in [0.25, 0.3) is 5.91 Å². The van der Waals surface area contributed by atoms with Gasteiger partial charge in [-0.2, -0.15) is 0 Å². The second-order valence-corrected chi connectivity index (χ2v) is 5.13. The summed E-state index contributed by atoms with van der Waals surface area (Å²) in [5.74, 6) is 1.15. The van der Waals surface area contributed by atoms with Crippen molar-refractivity contribution in [2.75, 3.05) is 0 Å². The second-order valence-electron chi connectivity index (χ2n) is 5.13. The normalized spacial score (nSPS) is 12.1. The van der Waals surface area contributed by atoms with Crippen molar-refractivity contribution in [2.45, 2.75) is 19.9 Å². The van der Waals surface area contributed by atoms with E-state index in [-0.39, 0.29) is 11.9 Å². The molecule has 0 aliphatic carbocycles. The molecule has 5 nitrogen and oxygen atoms in total. The summed E-state index contributed by atoms with van der Waals surface area (Å²) in [6.45, 7) is 3.65. The lowest BCUT2D eigenvalue weighted by Crippen LogP contribution is -2.27. The van der Waals surface area contributed by atoms with Crippen molar-refractivity contribution in [1.29, 1.82) is 0 Å². The van der Waals surface area contributed by atoms with Crippen molar-refractivity contribution >= 4 is 5.91 Å². The molecule has 1 unspecified atom stereocenters. The summed E-state index contributed by atoms with van der Waals surface area (Å²) in [4.78, 5) is 19.8. The number of hydrogen-bond acceptors (Lipinski definition) is 3. The zero-order chi connectivity index (χ0) is 15.5. The van der Waals surface area contributed by atoms with Gasteiger partial charge >= 0.3 is 0 Å². The van der Waals surface area contributed by atoms with Gasteiger partial charge < -0.3 is 14.7 Å². The van der Waals surface area contributed by atoms with E-state index < -0.39 is 0 Å². The molecule has 0 saturated heterocycles. The number of furan rings is 1. The van der Waals surface area contributed by atoms with Gasteiger partial charge in [0.15, 0.2) is 0 Å². The molecule has 1 amide bonds. The van der Waals surface area contributed by atoms with E-state index in [9.17, 15) is 4.79 Å². The molecule has 1 aromatic carbocycles. The Hall–Kier alpha value is -2.82. The Kier molecular flexibility index (Phi) is 3.78. The van der Waals surface area contributed by atoms with Crippen LogP contribution >= 0.6 is 0 Å². The highest BCUT2D eigenvalue weighted by molar-refractivity contribution is 5.95. The van der Waals surface area contributed by atoms with Crippen LogP contribution in [0.2, 0.25) is 0 Å². The number of H-pyrrole nitrogens is 1. The van der Waals surface area contributed by atoms with E-state index in [1.807, 2.05) is 37.3 Å². The number of nitrogens with one attached hydrogen (secondary N) is 2. The van der Waals surface area contributed by atoms with Gasteiger partial charge in [-0.05, 0) is 25.5 Å². The zero-order valence-electron chi connectivity index (χ0n) is 12.5. The lowest BCUT2D eigenvalue weighted by Gasteiger charge is -2.11. The molecule has 0 aliphatic heterocycles. The smallest absolute Gasteiger partial charge is 0.255 e. The standard InChI is InChI=1S/C17H17N3O2/c1-11(19-17(21)14-8-9-22-12(14)2)16-18-10-15(20-16)13-6-4-3-5-7-13/h3-11H,1-2H3,(H,18,20)(H,19,21). The maximum Gasteiger partial charge on any atom is 0.255 e. The number of imidazole rings is 1. The summed E-state index contributed by atoms with van der Waals surface area (Å²) >= 11 is 0. The summed E-state index contributed by atoms with van der Waals surface area (Å²) in [5.41, 5.74) is 2.53. The molecule has 0 bridgehead atoms. The topological polar surface area (TPSA) is 70.9 Å². The number of carbonyl (C=O) groups excluding carboxylic acids is 1. The Labute approximate surface area is 128 Å².